The van der Waals surface area contributed by atoms with Crippen LogP contribution in [-0.2, 0) is 0 Å². The third-order valence-electron chi connectivity index (χ3n) is 3.02. The molecule has 2 N–H and O–H groups in total. The van der Waals surface area contributed by atoms with Crippen molar-refractivity contribution in [1.82, 2.24) is 0 Å². The maximum Gasteiger partial charge on any atom is 0.337 e. The number of carboxylic acid groups (broad SMARTS) is 1. The van der Waals surface area contributed by atoms with Crippen LogP contribution in [0.15, 0.2) is 46.0 Å². The second-order valence-corrected chi connectivity index (χ2v) is 5.37. The number of hydrogen-bond donors (Lipinski definition) is 2. The number of halogens is 1. The van der Waals surface area contributed by atoms with Gasteiger partial charge in [-0.1, -0.05) is 28.1 Å². The molecule has 2 aromatic carbocycles. The van der Waals surface area contributed by atoms with Gasteiger partial charge in [0.1, 0.15) is 0 Å². The molecule has 0 heterocycles. The van der Waals surface area contributed by atoms with Gasteiger partial charge >= 0.3 is 5.97 Å². The zero-order valence-electron chi connectivity index (χ0n) is 12.5. The van der Waals surface area contributed by atoms with Crippen molar-refractivity contribution in [2.45, 2.75) is 0 Å². The van der Waals surface area contributed by atoms with Gasteiger partial charge in [0.15, 0.2) is 11.5 Å². The lowest BCUT2D eigenvalue weighted by atomic mass is 10.2. The van der Waals surface area contributed by atoms with Gasteiger partial charge in [-0.05, 0) is 24.3 Å². The van der Waals surface area contributed by atoms with Crippen LogP contribution in [0.2, 0.25) is 0 Å². The summed E-state index contributed by atoms with van der Waals surface area (Å²) in [5, 5.41) is 13.2. The van der Waals surface area contributed by atoms with Crippen molar-refractivity contribution < 1.29 is 19.4 Å². The lowest BCUT2D eigenvalue weighted by Crippen LogP contribution is -2.02. The van der Waals surface area contributed by atoms with Gasteiger partial charge in [0.25, 0.3) is 0 Å². The number of carboxylic acids is 1. The number of hydrogen-bond acceptors (Lipinski definition) is 5. The van der Waals surface area contributed by atoms with Gasteiger partial charge in [-0.3, -0.25) is 5.43 Å². The Balaban J connectivity index is 2.28. The van der Waals surface area contributed by atoms with E-state index in [2.05, 4.69) is 26.5 Å². The Morgan fingerprint density at radius 2 is 2.00 bits per heavy atom. The fraction of sp³-hybridized carbons (Fsp3) is 0.125. The van der Waals surface area contributed by atoms with Crippen molar-refractivity contribution in [3.63, 3.8) is 0 Å². The average molecular weight is 379 g/mol. The van der Waals surface area contributed by atoms with Gasteiger partial charge < -0.3 is 14.6 Å². The zero-order chi connectivity index (χ0) is 16.8. The molecule has 0 saturated carbocycles. The number of nitrogens with zero attached hydrogens (tertiary/aromatic N) is 1. The summed E-state index contributed by atoms with van der Waals surface area (Å²) in [5.74, 6) is 0.0760. The van der Waals surface area contributed by atoms with Crippen molar-refractivity contribution in [1.29, 1.82) is 0 Å². The molecule has 0 atom stereocenters. The molecule has 0 radical (unpaired) electrons. The van der Waals surface area contributed by atoms with Crippen LogP contribution < -0.4 is 14.9 Å². The minimum Gasteiger partial charge on any atom is -0.493 e. The smallest absolute Gasteiger partial charge is 0.337 e. The van der Waals surface area contributed by atoms with Crippen LogP contribution >= 0.6 is 15.9 Å². The van der Waals surface area contributed by atoms with E-state index >= 15 is 0 Å². The normalized spacial score (nSPS) is 10.6. The molecule has 0 unspecified atom stereocenters. The summed E-state index contributed by atoms with van der Waals surface area (Å²) in [6, 6.07) is 10.1. The van der Waals surface area contributed by atoms with E-state index in [1.165, 1.54) is 19.4 Å². The Labute approximate surface area is 141 Å². The number of carbonyl (C=O) groups is 1. The molecule has 0 bridgehead atoms. The molecule has 0 aliphatic carbocycles. The summed E-state index contributed by atoms with van der Waals surface area (Å²) in [7, 11) is 3.09. The van der Waals surface area contributed by atoms with Crippen LogP contribution in [0.1, 0.15) is 15.9 Å². The molecule has 0 saturated heterocycles. The average Bonchev–Trinajstić information content (AvgIpc) is 2.54. The summed E-state index contributed by atoms with van der Waals surface area (Å²) < 4.78 is 11.4. The SMILES string of the molecule is COc1cc(Br)cc(C=NNc2ccccc2C(=O)O)c1OC. The fourth-order valence-electron chi connectivity index (χ4n) is 1.99. The Kier molecular flexibility index (Phi) is 5.59. The molecule has 120 valence electrons. The number of hydrazone groups is 1. The molecule has 6 nitrogen and oxygen atoms in total. The van der Waals surface area contributed by atoms with Gasteiger partial charge in [0.05, 0.1) is 31.7 Å². The first kappa shape index (κ1) is 16.8. The van der Waals surface area contributed by atoms with E-state index in [4.69, 9.17) is 14.6 Å². The van der Waals surface area contributed by atoms with Crippen molar-refractivity contribution in [3.05, 3.63) is 52.0 Å². The number of benzene rings is 2. The number of rotatable bonds is 6. The van der Waals surface area contributed by atoms with Crippen LogP contribution in [0.25, 0.3) is 0 Å². The second kappa shape index (κ2) is 7.64. The molecule has 0 aliphatic rings. The lowest BCUT2D eigenvalue weighted by molar-refractivity contribution is 0.0698. The van der Waals surface area contributed by atoms with Crippen molar-refractivity contribution in [2.24, 2.45) is 5.10 Å². The van der Waals surface area contributed by atoms with Gasteiger partial charge in [0, 0.05) is 10.0 Å². The van der Waals surface area contributed by atoms with Crippen LogP contribution in [0.3, 0.4) is 0 Å². The summed E-state index contributed by atoms with van der Waals surface area (Å²) in [6.45, 7) is 0. The lowest BCUT2D eigenvalue weighted by Gasteiger charge is -2.11. The number of anilines is 1. The molecule has 0 aromatic heterocycles. The summed E-state index contributed by atoms with van der Waals surface area (Å²) in [5.41, 5.74) is 3.95. The molecule has 0 spiro atoms. The third kappa shape index (κ3) is 4.01. The number of aromatic carboxylic acids is 1. The van der Waals surface area contributed by atoms with Crippen molar-refractivity contribution in [3.8, 4) is 11.5 Å². The molecular weight excluding hydrogens is 364 g/mol. The standard InChI is InChI=1S/C16H15BrN2O4/c1-22-14-8-11(17)7-10(15(14)23-2)9-18-19-13-6-4-3-5-12(13)16(20)21/h3-9,19H,1-2H3,(H,20,21). The van der Waals surface area contributed by atoms with Gasteiger partial charge in [-0.15, -0.1) is 0 Å². The monoisotopic (exact) mass is 378 g/mol. The molecule has 0 fully saturated rings. The first-order valence-corrected chi connectivity index (χ1v) is 7.39. The molecule has 2 aromatic rings. The predicted octanol–water partition coefficient (Wildman–Crippen LogP) is 3.61. The number of nitrogens with one attached hydrogen (secondary N) is 1. The molecular formula is C16H15BrN2O4. The molecule has 2 rings (SSSR count). The van der Waals surface area contributed by atoms with Crippen molar-refractivity contribution in [2.75, 3.05) is 19.6 Å². The predicted molar refractivity (Wildman–Crippen MR) is 91.9 cm³/mol. The highest BCUT2D eigenvalue weighted by atomic mass is 79.9. The maximum absolute atomic E-state index is 11.1. The zero-order valence-corrected chi connectivity index (χ0v) is 14.1. The summed E-state index contributed by atoms with van der Waals surface area (Å²) in [4.78, 5) is 11.1. The number of ether oxygens (including phenoxy) is 2. The maximum atomic E-state index is 11.1. The Morgan fingerprint density at radius 3 is 2.65 bits per heavy atom. The van der Waals surface area contributed by atoms with Crippen LogP contribution in [0, 0.1) is 0 Å². The van der Waals surface area contributed by atoms with E-state index in [0.29, 0.717) is 22.7 Å². The topological polar surface area (TPSA) is 80.2 Å². The fourth-order valence-corrected chi connectivity index (χ4v) is 2.45. The molecule has 0 amide bonds. The van der Waals surface area contributed by atoms with Crippen molar-refractivity contribution >= 4 is 33.8 Å². The highest BCUT2D eigenvalue weighted by Gasteiger charge is 2.11. The molecule has 0 aliphatic heterocycles. The van der Waals surface area contributed by atoms with E-state index in [9.17, 15) is 4.79 Å². The van der Waals surface area contributed by atoms with E-state index < -0.39 is 5.97 Å². The van der Waals surface area contributed by atoms with Gasteiger partial charge in [0.2, 0.25) is 0 Å². The largest absolute Gasteiger partial charge is 0.493 e. The highest BCUT2D eigenvalue weighted by molar-refractivity contribution is 9.10. The quantitative estimate of drug-likeness (QED) is 0.592. The molecule has 7 heteroatoms. The van der Waals surface area contributed by atoms with E-state index in [1.54, 1.807) is 31.4 Å². The Morgan fingerprint density at radius 1 is 1.26 bits per heavy atom. The highest BCUT2D eigenvalue weighted by Crippen LogP contribution is 2.33. The first-order valence-electron chi connectivity index (χ1n) is 6.59. The van der Waals surface area contributed by atoms with E-state index in [0.717, 1.165) is 4.47 Å². The number of methoxy groups -OCH3 is 2. The van der Waals surface area contributed by atoms with E-state index in [1.807, 2.05) is 6.07 Å². The van der Waals surface area contributed by atoms with E-state index in [-0.39, 0.29) is 5.56 Å². The second-order valence-electron chi connectivity index (χ2n) is 4.45. The third-order valence-corrected chi connectivity index (χ3v) is 3.48. The Hall–Kier alpha value is -2.54. The summed E-state index contributed by atoms with van der Waals surface area (Å²) in [6.07, 6.45) is 1.53. The minimum absolute atomic E-state index is 0.142. The van der Waals surface area contributed by atoms with Crippen LogP contribution in [0.5, 0.6) is 11.5 Å². The van der Waals surface area contributed by atoms with Crippen LogP contribution in [0.4, 0.5) is 5.69 Å². The van der Waals surface area contributed by atoms with Crippen LogP contribution in [-0.4, -0.2) is 31.5 Å². The molecule has 23 heavy (non-hydrogen) atoms. The van der Waals surface area contributed by atoms with Gasteiger partial charge in [-0.25, -0.2) is 4.79 Å². The number of para-hydroxylation sites is 1. The summed E-state index contributed by atoms with van der Waals surface area (Å²) >= 11 is 3.39. The first-order chi connectivity index (χ1) is 11.1. The minimum atomic E-state index is -1.02. The Bertz CT molecular complexity index is 747. The van der Waals surface area contributed by atoms with Gasteiger partial charge in [-0.2, -0.15) is 5.10 Å².